The highest BCUT2D eigenvalue weighted by molar-refractivity contribution is 7.15. The molecule has 10 heteroatoms. The van der Waals surface area contributed by atoms with E-state index in [1.165, 1.54) is 24.3 Å². The highest BCUT2D eigenvalue weighted by atomic mass is 32.1. The zero-order valence-corrected chi connectivity index (χ0v) is 22.8. The Morgan fingerprint density at radius 1 is 1.00 bits per heavy atom. The molecule has 4 rings (SSSR count). The molecule has 1 aromatic heterocycles. The minimum Gasteiger partial charge on any atom is -0.493 e. The fourth-order valence-corrected chi connectivity index (χ4v) is 4.96. The van der Waals surface area contributed by atoms with Gasteiger partial charge >= 0.3 is 12.1 Å². The number of nitrogens with zero attached hydrogens (tertiary/aromatic N) is 1. The summed E-state index contributed by atoms with van der Waals surface area (Å²) in [6.45, 7) is 2.38. The Hall–Kier alpha value is -4.44. The van der Waals surface area contributed by atoms with Gasteiger partial charge < -0.3 is 15.2 Å². The van der Waals surface area contributed by atoms with Gasteiger partial charge in [0.05, 0.1) is 12.3 Å². The lowest BCUT2D eigenvalue weighted by atomic mass is 10.0. The minimum absolute atomic E-state index is 0.0556. The average molecular weight is 581 g/mol. The van der Waals surface area contributed by atoms with Gasteiger partial charge in [-0.2, -0.15) is 13.2 Å². The summed E-state index contributed by atoms with van der Waals surface area (Å²) in [6, 6.07) is 22.2. The first-order valence-electron chi connectivity index (χ1n) is 12.7. The van der Waals surface area contributed by atoms with E-state index < -0.39 is 29.7 Å². The minimum atomic E-state index is -4.95. The van der Waals surface area contributed by atoms with Crippen molar-refractivity contribution in [3.63, 3.8) is 0 Å². The van der Waals surface area contributed by atoms with E-state index >= 15 is 0 Å². The quantitative estimate of drug-likeness (QED) is 0.144. The van der Waals surface area contributed by atoms with E-state index in [4.69, 9.17) is 9.72 Å². The number of thiazole rings is 1. The van der Waals surface area contributed by atoms with Crippen LogP contribution in [-0.4, -0.2) is 40.7 Å². The first-order chi connectivity index (χ1) is 19.6. The van der Waals surface area contributed by atoms with Gasteiger partial charge in [0.1, 0.15) is 22.5 Å². The smallest absolute Gasteiger partial charge is 0.431 e. The van der Waals surface area contributed by atoms with Crippen LogP contribution < -0.4 is 10.1 Å². The number of rotatable bonds is 12. The molecule has 0 amide bonds. The van der Waals surface area contributed by atoms with Crippen molar-refractivity contribution < 1.29 is 32.6 Å². The van der Waals surface area contributed by atoms with E-state index in [2.05, 4.69) is 0 Å². The van der Waals surface area contributed by atoms with Crippen molar-refractivity contribution in [2.75, 3.05) is 6.61 Å². The highest BCUT2D eigenvalue weighted by Gasteiger charge is 2.37. The molecule has 212 valence electrons. The molecule has 0 aliphatic heterocycles. The number of carbonyl (C=O) groups excluding carboxylic acids is 1. The summed E-state index contributed by atoms with van der Waals surface area (Å²) in [7, 11) is 0. The molecule has 1 heterocycles. The first-order valence-corrected chi connectivity index (χ1v) is 13.5. The molecule has 1 atom stereocenters. The number of aryl methyl sites for hydroxylation is 1. The number of alkyl halides is 3. The normalized spacial score (nSPS) is 12.5. The van der Waals surface area contributed by atoms with Crippen LogP contribution in [0.15, 0.2) is 96.7 Å². The number of hydrogen-bond donors (Lipinski definition) is 2. The van der Waals surface area contributed by atoms with Crippen LogP contribution in [0.5, 0.6) is 5.75 Å². The van der Waals surface area contributed by atoms with Crippen LogP contribution >= 0.6 is 11.3 Å². The van der Waals surface area contributed by atoms with Crippen molar-refractivity contribution in [2.45, 2.75) is 32.0 Å². The van der Waals surface area contributed by atoms with Crippen LogP contribution in [0, 0.1) is 6.92 Å². The van der Waals surface area contributed by atoms with Gasteiger partial charge in [-0.1, -0.05) is 72.8 Å². The number of carbonyl (C=O) groups is 2. The van der Waals surface area contributed by atoms with Gasteiger partial charge in [0, 0.05) is 34.9 Å². The molecule has 0 saturated carbocycles. The molecule has 0 saturated heterocycles. The van der Waals surface area contributed by atoms with Gasteiger partial charge in [-0.05, 0) is 24.6 Å². The number of nitrogens with one attached hydrogen (secondary N) is 1. The first kappa shape index (κ1) is 29.5. The second kappa shape index (κ2) is 13.3. The predicted molar refractivity (Wildman–Crippen MR) is 151 cm³/mol. The van der Waals surface area contributed by atoms with Gasteiger partial charge in [0.2, 0.25) is 0 Å². The highest BCUT2D eigenvalue weighted by Crippen LogP contribution is 2.28. The zero-order chi connectivity index (χ0) is 29.4. The molecule has 0 bridgehead atoms. The monoisotopic (exact) mass is 580 g/mol. The van der Waals surface area contributed by atoms with E-state index in [1.807, 2.05) is 42.6 Å². The van der Waals surface area contributed by atoms with Crippen LogP contribution in [0.4, 0.5) is 13.2 Å². The van der Waals surface area contributed by atoms with Crippen molar-refractivity contribution in [3.05, 3.63) is 118 Å². The van der Waals surface area contributed by atoms with Gasteiger partial charge in [-0.25, -0.2) is 9.78 Å². The lowest BCUT2D eigenvalue weighted by molar-refractivity contribution is -0.140. The summed E-state index contributed by atoms with van der Waals surface area (Å²) in [6.07, 6.45) is -4.22. The average Bonchev–Trinajstić information content (AvgIpc) is 3.33. The lowest BCUT2D eigenvalue weighted by Gasteiger charge is -2.20. The second-order valence-electron chi connectivity index (χ2n) is 9.16. The topological polar surface area (TPSA) is 88.5 Å². The third-order valence-electron chi connectivity index (χ3n) is 6.15. The zero-order valence-electron chi connectivity index (χ0n) is 22.0. The molecular weight excluding hydrogens is 553 g/mol. The van der Waals surface area contributed by atoms with Gasteiger partial charge in [-0.3, -0.25) is 4.79 Å². The molecule has 2 N–H and O–H groups in total. The lowest BCUT2D eigenvalue weighted by Crippen LogP contribution is -2.42. The molecule has 3 aromatic carbocycles. The van der Waals surface area contributed by atoms with Gasteiger partial charge in [0.15, 0.2) is 5.78 Å². The molecule has 0 aliphatic carbocycles. The van der Waals surface area contributed by atoms with E-state index in [0.29, 0.717) is 30.4 Å². The number of hydrogen-bond acceptors (Lipinski definition) is 6. The van der Waals surface area contributed by atoms with E-state index in [-0.39, 0.29) is 12.0 Å². The number of aromatic nitrogens is 1. The standard InChI is InChI=1S/C31H27F3N2O4S/c1-20-25(36-29(41-20)23-10-6-3-7-11-23)16-17-40-24-14-12-21(13-15-24)18-26(30(38)39)35-28(31(32,33)34)19-27(37)22-8-4-2-5-9-22/h2-15,19,26,35H,16-18H2,1H3,(H,38,39)/b28-19+/t26-/m0/s1. The van der Waals surface area contributed by atoms with Gasteiger partial charge in [-0.15, -0.1) is 11.3 Å². The number of benzene rings is 3. The Morgan fingerprint density at radius 2 is 1.63 bits per heavy atom. The number of carboxylic acids is 1. The Balaban J connectivity index is 1.36. The Labute approximate surface area is 239 Å². The SMILES string of the molecule is Cc1sc(-c2ccccc2)nc1CCOc1ccc(C[C@H](N/C(=C/C(=O)c2ccccc2)C(F)(F)F)C(=O)O)cc1. The fourth-order valence-electron chi connectivity index (χ4n) is 4.00. The molecule has 41 heavy (non-hydrogen) atoms. The maximum Gasteiger partial charge on any atom is 0.431 e. The summed E-state index contributed by atoms with van der Waals surface area (Å²) in [5, 5.41) is 12.6. The molecule has 0 unspecified atom stereocenters. The third kappa shape index (κ3) is 8.28. The summed E-state index contributed by atoms with van der Waals surface area (Å²) in [5.41, 5.74) is 1.11. The van der Waals surface area contributed by atoms with Crippen LogP contribution in [0.25, 0.3) is 10.6 Å². The number of ether oxygens (including phenoxy) is 1. The van der Waals surface area contributed by atoms with Crippen LogP contribution in [-0.2, 0) is 17.6 Å². The summed E-state index contributed by atoms with van der Waals surface area (Å²) >= 11 is 1.62. The van der Waals surface area contributed by atoms with Crippen LogP contribution in [0.2, 0.25) is 0 Å². The number of ketones is 1. The van der Waals surface area contributed by atoms with Crippen molar-refractivity contribution >= 4 is 23.1 Å². The predicted octanol–water partition coefficient (Wildman–Crippen LogP) is 6.65. The molecule has 0 radical (unpaired) electrons. The summed E-state index contributed by atoms with van der Waals surface area (Å²) in [5.74, 6) is -1.84. The second-order valence-corrected chi connectivity index (χ2v) is 10.4. The number of aliphatic carboxylic acids is 1. The van der Waals surface area contributed by atoms with Crippen molar-refractivity contribution in [3.8, 4) is 16.3 Å². The van der Waals surface area contributed by atoms with E-state index in [0.717, 1.165) is 21.1 Å². The third-order valence-corrected chi connectivity index (χ3v) is 7.21. The Kier molecular flexibility index (Phi) is 9.57. The van der Waals surface area contributed by atoms with Crippen LogP contribution in [0.3, 0.4) is 0 Å². The molecule has 6 nitrogen and oxygen atoms in total. The number of carboxylic acid groups (broad SMARTS) is 1. The summed E-state index contributed by atoms with van der Waals surface area (Å²) < 4.78 is 46.8. The van der Waals surface area contributed by atoms with E-state index in [9.17, 15) is 27.9 Å². The van der Waals surface area contributed by atoms with Gasteiger partial charge in [0.25, 0.3) is 0 Å². The van der Waals surface area contributed by atoms with Crippen molar-refractivity contribution in [1.29, 1.82) is 0 Å². The molecule has 0 aliphatic rings. The number of allylic oxidation sites excluding steroid dienone is 2. The van der Waals surface area contributed by atoms with E-state index in [1.54, 1.807) is 41.7 Å². The Bertz CT molecular complexity index is 1500. The summed E-state index contributed by atoms with van der Waals surface area (Å²) in [4.78, 5) is 30.0. The Morgan fingerprint density at radius 3 is 2.24 bits per heavy atom. The fraction of sp³-hybridized carbons (Fsp3) is 0.194. The molecular formula is C31H27F3N2O4S. The molecule has 4 aromatic rings. The van der Waals surface area contributed by atoms with Crippen molar-refractivity contribution in [2.24, 2.45) is 0 Å². The number of halogens is 3. The maximum atomic E-state index is 13.7. The molecule has 0 spiro atoms. The largest absolute Gasteiger partial charge is 0.493 e. The molecule has 0 fully saturated rings. The van der Waals surface area contributed by atoms with Crippen LogP contribution in [0.1, 0.15) is 26.5 Å². The maximum absolute atomic E-state index is 13.7. The van der Waals surface area contributed by atoms with Crippen molar-refractivity contribution in [1.82, 2.24) is 10.3 Å².